The van der Waals surface area contributed by atoms with Gasteiger partial charge in [0.2, 0.25) is 5.91 Å². The molecule has 1 aromatic rings. The van der Waals surface area contributed by atoms with Crippen LogP contribution >= 0.6 is 11.3 Å². The van der Waals surface area contributed by atoms with Gasteiger partial charge in [0.15, 0.2) is 0 Å². The van der Waals surface area contributed by atoms with Crippen molar-refractivity contribution in [3.63, 3.8) is 0 Å². The van der Waals surface area contributed by atoms with E-state index in [1.807, 2.05) is 6.92 Å². The molecule has 3 amide bonds. The fraction of sp³-hybridized carbons (Fsp3) is 0.538. The summed E-state index contributed by atoms with van der Waals surface area (Å²) in [6, 6.07) is -0.995. The van der Waals surface area contributed by atoms with Gasteiger partial charge in [-0.2, -0.15) is 0 Å². The maximum atomic E-state index is 11.7. The zero-order valence-electron chi connectivity index (χ0n) is 12.4. The molecule has 8 heteroatoms. The summed E-state index contributed by atoms with van der Waals surface area (Å²) in [6.45, 7) is 6.51. The summed E-state index contributed by atoms with van der Waals surface area (Å²) in [5.41, 5.74) is -1.22. The average Bonchev–Trinajstić information content (AvgIpc) is 2.74. The van der Waals surface area contributed by atoms with E-state index in [1.54, 1.807) is 13.1 Å². The van der Waals surface area contributed by atoms with E-state index in [1.165, 1.54) is 25.2 Å². The molecule has 7 nitrogen and oxygen atoms in total. The molecule has 0 saturated carbocycles. The van der Waals surface area contributed by atoms with Crippen molar-refractivity contribution in [3.8, 4) is 0 Å². The number of nitrogens with zero attached hydrogens (tertiary/aromatic N) is 1. The number of aliphatic carboxylic acids is 1. The SMILES string of the molecule is Cc1cnc(C(C)NC(=O)NC(=O)CC(C)(C)C(=O)O)s1. The number of thiazole rings is 1. The van der Waals surface area contributed by atoms with E-state index >= 15 is 0 Å². The molecule has 0 aliphatic carbocycles. The summed E-state index contributed by atoms with van der Waals surface area (Å²) >= 11 is 1.45. The summed E-state index contributed by atoms with van der Waals surface area (Å²) in [5, 5.41) is 14.4. The summed E-state index contributed by atoms with van der Waals surface area (Å²) in [7, 11) is 0. The molecule has 0 radical (unpaired) electrons. The van der Waals surface area contributed by atoms with E-state index < -0.39 is 23.3 Å². The molecule has 0 aliphatic heterocycles. The number of carboxylic acid groups (broad SMARTS) is 1. The Morgan fingerprint density at radius 3 is 2.52 bits per heavy atom. The molecule has 1 rings (SSSR count). The van der Waals surface area contributed by atoms with E-state index in [0.717, 1.165) is 9.88 Å². The van der Waals surface area contributed by atoms with Crippen LogP contribution in [0.25, 0.3) is 0 Å². The van der Waals surface area contributed by atoms with Gasteiger partial charge in [0.05, 0.1) is 11.5 Å². The highest BCUT2D eigenvalue weighted by Gasteiger charge is 2.30. The number of carbonyl (C=O) groups excluding carboxylic acids is 2. The van der Waals surface area contributed by atoms with Crippen LogP contribution in [-0.4, -0.2) is 28.0 Å². The highest BCUT2D eigenvalue weighted by Crippen LogP contribution is 2.20. The zero-order chi connectivity index (χ0) is 16.2. The predicted octanol–water partition coefficient (Wildman–Crippen LogP) is 1.84. The van der Waals surface area contributed by atoms with Gasteiger partial charge in [-0.05, 0) is 27.7 Å². The molecule has 0 fully saturated rings. The van der Waals surface area contributed by atoms with Crippen molar-refractivity contribution in [2.45, 2.75) is 40.2 Å². The van der Waals surface area contributed by atoms with Crippen LogP contribution in [0.2, 0.25) is 0 Å². The molecule has 1 aromatic heterocycles. The second kappa shape index (κ2) is 6.66. The van der Waals surface area contributed by atoms with Crippen LogP contribution in [0.4, 0.5) is 4.79 Å². The van der Waals surface area contributed by atoms with Crippen LogP contribution in [-0.2, 0) is 9.59 Å². The molecule has 0 saturated heterocycles. The minimum atomic E-state index is -1.22. The molecule has 3 N–H and O–H groups in total. The number of hydrogen-bond donors (Lipinski definition) is 3. The molecule has 1 unspecified atom stereocenters. The number of urea groups is 1. The number of aryl methyl sites for hydroxylation is 1. The Bertz CT molecular complexity index is 553. The van der Waals surface area contributed by atoms with E-state index in [4.69, 9.17) is 5.11 Å². The number of hydrogen-bond acceptors (Lipinski definition) is 5. The molecule has 1 atom stereocenters. The smallest absolute Gasteiger partial charge is 0.321 e. The second-order valence-electron chi connectivity index (χ2n) is 5.42. The highest BCUT2D eigenvalue weighted by atomic mass is 32.1. The molecule has 0 spiro atoms. The van der Waals surface area contributed by atoms with Crippen LogP contribution in [0.5, 0.6) is 0 Å². The first-order valence-electron chi connectivity index (χ1n) is 6.38. The third kappa shape index (κ3) is 5.14. The molecular weight excluding hydrogens is 294 g/mol. The lowest BCUT2D eigenvalue weighted by Crippen LogP contribution is -2.42. The number of imide groups is 1. The van der Waals surface area contributed by atoms with Crippen molar-refractivity contribution in [2.75, 3.05) is 0 Å². The van der Waals surface area contributed by atoms with Crippen molar-refractivity contribution in [1.82, 2.24) is 15.6 Å². The van der Waals surface area contributed by atoms with Crippen LogP contribution in [0.3, 0.4) is 0 Å². The zero-order valence-corrected chi connectivity index (χ0v) is 13.2. The minimum Gasteiger partial charge on any atom is -0.481 e. The fourth-order valence-corrected chi connectivity index (χ4v) is 2.29. The monoisotopic (exact) mass is 313 g/mol. The molecule has 0 aliphatic rings. The molecular formula is C13H19N3O4S. The molecule has 21 heavy (non-hydrogen) atoms. The third-order valence-corrected chi connectivity index (χ3v) is 3.89. The Morgan fingerprint density at radius 1 is 1.43 bits per heavy atom. The normalized spacial score (nSPS) is 12.6. The summed E-state index contributed by atoms with van der Waals surface area (Å²) in [5.74, 6) is -1.73. The van der Waals surface area contributed by atoms with E-state index in [0.29, 0.717) is 0 Å². The molecule has 0 aromatic carbocycles. The van der Waals surface area contributed by atoms with Crippen molar-refractivity contribution in [1.29, 1.82) is 0 Å². The number of amides is 3. The predicted molar refractivity (Wildman–Crippen MR) is 78.0 cm³/mol. The van der Waals surface area contributed by atoms with E-state index in [-0.39, 0.29) is 12.5 Å². The fourth-order valence-electron chi connectivity index (χ4n) is 1.51. The van der Waals surface area contributed by atoms with Crippen molar-refractivity contribution in [2.24, 2.45) is 5.41 Å². The molecule has 1 heterocycles. The van der Waals surface area contributed by atoms with Crippen molar-refractivity contribution >= 4 is 29.2 Å². The maximum Gasteiger partial charge on any atom is 0.321 e. The lowest BCUT2D eigenvalue weighted by Gasteiger charge is -2.18. The number of nitrogens with one attached hydrogen (secondary N) is 2. The van der Waals surface area contributed by atoms with Crippen LogP contribution in [0.1, 0.15) is 43.1 Å². The average molecular weight is 313 g/mol. The van der Waals surface area contributed by atoms with Gasteiger partial charge >= 0.3 is 12.0 Å². The number of aromatic nitrogens is 1. The Morgan fingerprint density at radius 2 is 2.05 bits per heavy atom. The quantitative estimate of drug-likeness (QED) is 0.768. The molecule has 0 bridgehead atoms. The molecule has 116 valence electrons. The standard InChI is InChI=1S/C13H19N3O4S/c1-7-6-14-10(21-7)8(2)15-12(20)16-9(17)5-13(3,4)11(18)19/h6,8H,5H2,1-4H3,(H,18,19)(H2,15,16,17,20). The Hall–Kier alpha value is -1.96. The van der Waals surface area contributed by atoms with Gasteiger partial charge in [-0.1, -0.05) is 0 Å². The number of carboxylic acids is 1. The summed E-state index contributed by atoms with van der Waals surface area (Å²) in [6.07, 6.45) is 1.43. The van der Waals surface area contributed by atoms with Gasteiger partial charge in [0.25, 0.3) is 0 Å². The topological polar surface area (TPSA) is 108 Å². The van der Waals surface area contributed by atoms with Crippen molar-refractivity contribution in [3.05, 3.63) is 16.1 Å². The van der Waals surface area contributed by atoms with Crippen LogP contribution < -0.4 is 10.6 Å². The first kappa shape index (κ1) is 17.1. The first-order valence-corrected chi connectivity index (χ1v) is 7.19. The second-order valence-corrected chi connectivity index (χ2v) is 6.68. The van der Waals surface area contributed by atoms with Gasteiger partial charge in [0.1, 0.15) is 5.01 Å². The lowest BCUT2D eigenvalue weighted by atomic mass is 9.89. The Labute approximate surface area is 126 Å². The lowest BCUT2D eigenvalue weighted by molar-refractivity contribution is -0.149. The highest BCUT2D eigenvalue weighted by molar-refractivity contribution is 7.11. The van der Waals surface area contributed by atoms with Gasteiger partial charge < -0.3 is 10.4 Å². The van der Waals surface area contributed by atoms with Crippen LogP contribution in [0.15, 0.2) is 6.20 Å². The first-order chi connectivity index (χ1) is 9.61. The van der Waals surface area contributed by atoms with E-state index in [9.17, 15) is 14.4 Å². The Balaban J connectivity index is 2.50. The van der Waals surface area contributed by atoms with Gasteiger partial charge in [-0.3, -0.25) is 14.9 Å². The van der Waals surface area contributed by atoms with Gasteiger partial charge in [-0.25, -0.2) is 9.78 Å². The summed E-state index contributed by atoms with van der Waals surface area (Å²) in [4.78, 5) is 39.4. The summed E-state index contributed by atoms with van der Waals surface area (Å²) < 4.78 is 0. The number of carbonyl (C=O) groups is 3. The third-order valence-electron chi connectivity index (χ3n) is 2.79. The van der Waals surface area contributed by atoms with E-state index in [2.05, 4.69) is 15.6 Å². The Kier molecular flexibility index (Phi) is 5.42. The largest absolute Gasteiger partial charge is 0.481 e. The van der Waals surface area contributed by atoms with Crippen molar-refractivity contribution < 1.29 is 19.5 Å². The minimum absolute atomic E-state index is 0.277. The number of rotatable bonds is 5. The van der Waals surface area contributed by atoms with Gasteiger partial charge in [-0.15, -0.1) is 11.3 Å². The van der Waals surface area contributed by atoms with Crippen LogP contribution in [0, 0.1) is 12.3 Å². The maximum absolute atomic E-state index is 11.7. The van der Waals surface area contributed by atoms with Gasteiger partial charge in [0, 0.05) is 17.5 Å².